The van der Waals surface area contributed by atoms with Crippen molar-refractivity contribution in [2.75, 3.05) is 49.7 Å². The van der Waals surface area contributed by atoms with E-state index in [9.17, 15) is 35.9 Å². The first kappa shape index (κ1) is 38.6. The molecule has 6 aromatic rings. The number of rotatable bonds is 10. The Morgan fingerprint density at radius 3 is 1.53 bits per heavy atom. The molecule has 2 aromatic heterocycles. The van der Waals surface area contributed by atoms with Gasteiger partial charge in [0.15, 0.2) is 0 Å². The first-order valence-electron chi connectivity index (χ1n) is 16.2. The SMILES string of the molecule is O=c1[nH]c(-c2ccccc2C(F)(F)F)cc2ccc(N(CCO)CCO)cc12.O=c1[nH]c(-c2ccccc2C(F)(F)F)cc2ccc(NCCO)cc12. The molecule has 6 N–H and O–H groups in total. The third-order valence-electron chi connectivity index (χ3n) is 8.27. The maximum Gasteiger partial charge on any atom is 0.417 e. The minimum Gasteiger partial charge on any atom is -0.395 e. The van der Waals surface area contributed by atoms with Gasteiger partial charge in [0, 0.05) is 64.3 Å². The third-order valence-corrected chi connectivity index (χ3v) is 8.27. The highest BCUT2D eigenvalue weighted by Crippen LogP contribution is 2.38. The van der Waals surface area contributed by atoms with Crippen LogP contribution in [0.5, 0.6) is 0 Å². The number of benzene rings is 4. The molecule has 0 unspecified atom stereocenters. The summed E-state index contributed by atoms with van der Waals surface area (Å²) in [6.07, 6.45) is -9.05. The summed E-state index contributed by atoms with van der Waals surface area (Å²) in [4.78, 5) is 31.7. The predicted octanol–water partition coefficient (Wildman–Crippen LogP) is 6.62. The number of nitrogens with one attached hydrogen (secondary N) is 3. The summed E-state index contributed by atoms with van der Waals surface area (Å²) in [6, 6.07) is 23.1. The molecule has 53 heavy (non-hydrogen) atoms. The van der Waals surface area contributed by atoms with Crippen LogP contribution in [0.1, 0.15) is 11.1 Å². The number of halogens is 6. The Bertz CT molecular complexity index is 2310. The number of H-pyrrole nitrogens is 2. The van der Waals surface area contributed by atoms with Crippen molar-refractivity contribution in [3.8, 4) is 22.5 Å². The van der Waals surface area contributed by atoms with Crippen molar-refractivity contribution in [2.24, 2.45) is 0 Å². The van der Waals surface area contributed by atoms with Crippen LogP contribution >= 0.6 is 0 Å². The second-order valence-corrected chi connectivity index (χ2v) is 11.8. The van der Waals surface area contributed by atoms with Gasteiger partial charge in [0.05, 0.1) is 30.9 Å². The first-order chi connectivity index (χ1) is 25.2. The van der Waals surface area contributed by atoms with E-state index in [2.05, 4.69) is 15.3 Å². The number of anilines is 2. The molecule has 15 heteroatoms. The minimum absolute atomic E-state index is 0.0540. The van der Waals surface area contributed by atoms with Crippen LogP contribution in [0.15, 0.2) is 107 Å². The quantitative estimate of drug-likeness (QED) is 0.0868. The number of nitrogens with zero attached hydrogens (tertiary/aromatic N) is 1. The fraction of sp³-hybridized carbons (Fsp3) is 0.211. The van der Waals surface area contributed by atoms with E-state index in [1.54, 1.807) is 41.3 Å². The summed E-state index contributed by atoms with van der Waals surface area (Å²) < 4.78 is 79.5. The van der Waals surface area contributed by atoms with Crippen molar-refractivity contribution >= 4 is 32.9 Å². The highest BCUT2D eigenvalue weighted by Gasteiger charge is 2.34. The molecule has 0 aliphatic heterocycles. The van der Waals surface area contributed by atoms with Crippen molar-refractivity contribution < 1.29 is 41.7 Å². The van der Waals surface area contributed by atoms with E-state index in [0.717, 1.165) is 12.1 Å². The van der Waals surface area contributed by atoms with Gasteiger partial charge in [-0.2, -0.15) is 26.3 Å². The Kier molecular flexibility index (Phi) is 11.9. The number of alkyl halides is 6. The Morgan fingerprint density at radius 1 is 0.585 bits per heavy atom. The van der Waals surface area contributed by atoms with E-state index in [4.69, 9.17) is 15.3 Å². The van der Waals surface area contributed by atoms with Crippen LogP contribution in [0.3, 0.4) is 0 Å². The monoisotopic (exact) mass is 740 g/mol. The van der Waals surface area contributed by atoms with Crippen LogP contribution in [0.2, 0.25) is 0 Å². The number of aromatic amines is 2. The molecule has 0 aliphatic rings. The summed E-state index contributed by atoms with van der Waals surface area (Å²) in [7, 11) is 0. The molecule has 2 heterocycles. The number of aliphatic hydroxyl groups excluding tert-OH is 3. The molecule has 0 amide bonds. The van der Waals surface area contributed by atoms with E-state index in [0.29, 0.717) is 39.5 Å². The summed E-state index contributed by atoms with van der Waals surface area (Å²) in [5, 5.41) is 31.8. The average molecular weight is 741 g/mol. The average Bonchev–Trinajstić information content (AvgIpc) is 3.13. The Labute approximate surface area is 297 Å². The molecule has 0 aliphatic carbocycles. The van der Waals surface area contributed by atoms with Crippen molar-refractivity contribution in [3.63, 3.8) is 0 Å². The number of hydrogen-bond donors (Lipinski definition) is 6. The highest BCUT2D eigenvalue weighted by molar-refractivity contribution is 5.89. The second kappa shape index (κ2) is 16.4. The van der Waals surface area contributed by atoms with Gasteiger partial charge < -0.3 is 35.5 Å². The van der Waals surface area contributed by atoms with E-state index < -0.39 is 34.6 Å². The Hall–Kier alpha value is -5.64. The maximum atomic E-state index is 13.3. The number of aromatic nitrogens is 2. The molecule has 0 fully saturated rings. The third kappa shape index (κ3) is 9.06. The maximum absolute atomic E-state index is 13.3. The normalized spacial score (nSPS) is 11.7. The van der Waals surface area contributed by atoms with Crippen LogP contribution in [0.4, 0.5) is 37.7 Å². The van der Waals surface area contributed by atoms with Crippen molar-refractivity contribution in [3.05, 3.63) is 129 Å². The lowest BCUT2D eigenvalue weighted by atomic mass is 10.0. The molecule has 4 aromatic carbocycles. The van der Waals surface area contributed by atoms with Crippen LogP contribution in [0, 0.1) is 0 Å². The van der Waals surface area contributed by atoms with Crippen LogP contribution in [-0.4, -0.2) is 64.7 Å². The van der Waals surface area contributed by atoms with Gasteiger partial charge in [-0.3, -0.25) is 9.59 Å². The van der Waals surface area contributed by atoms with Gasteiger partial charge in [0.2, 0.25) is 0 Å². The smallest absolute Gasteiger partial charge is 0.395 e. The number of hydrogen-bond acceptors (Lipinski definition) is 7. The summed E-state index contributed by atoms with van der Waals surface area (Å²) in [5.41, 5.74) is -1.31. The van der Waals surface area contributed by atoms with E-state index in [1.807, 2.05) is 0 Å². The summed E-state index contributed by atoms with van der Waals surface area (Å²) in [5.74, 6) is 0. The molecule has 6 rings (SSSR count). The highest BCUT2D eigenvalue weighted by atomic mass is 19.4. The van der Waals surface area contributed by atoms with Crippen molar-refractivity contribution in [1.82, 2.24) is 9.97 Å². The fourth-order valence-corrected chi connectivity index (χ4v) is 5.85. The van der Waals surface area contributed by atoms with E-state index >= 15 is 0 Å². The standard InChI is InChI=1S/C20H19F3N2O3.C18H15F3N2O2/c21-20(22,23)17-4-2-1-3-15(17)18-11-13-5-6-14(12-16(13)19(28)24-18)25(7-9-26)8-10-27;19-18(20,21)15-4-2-1-3-13(15)16-9-11-5-6-12(22-7-8-24)10-14(11)17(25)23-16/h1-6,11-12,26-27H,7-10H2,(H,24,28);1-6,9-10,22,24H,7-8H2,(H,23,25). The first-order valence-corrected chi connectivity index (χ1v) is 16.2. The molecule has 278 valence electrons. The summed E-state index contributed by atoms with van der Waals surface area (Å²) in [6.45, 7) is 0.590. The van der Waals surface area contributed by atoms with Gasteiger partial charge in [-0.05, 0) is 59.3 Å². The number of aliphatic hydroxyl groups is 3. The second-order valence-electron chi connectivity index (χ2n) is 11.8. The zero-order valence-electron chi connectivity index (χ0n) is 27.9. The molecule has 0 spiro atoms. The molecule has 9 nitrogen and oxygen atoms in total. The van der Waals surface area contributed by atoms with Crippen molar-refractivity contribution in [1.29, 1.82) is 0 Å². The van der Waals surface area contributed by atoms with E-state index in [1.165, 1.54) is 48.5 Å². The topological polar surface area (TPSA) is 142 Å². The van der Waals surface area contributed by atoms with Gasteiger partial charge >= 0.3 is 12.4 Å². The predicted molar refractivity (Wildman–Crippen MR) is 192 cm³/mol. The Morgan fingerprint density at radius 2 is 1.06 bits per heavy atom. The van der Waals surface area contributed by atoms with Crippen molar-refractivity contribution in [2.45, 2.75) is 12.4 Å². The van der Waals surface area contributed by atoms with Gasteiger partial charge in [0.1, 0.15) is 0 Å². The molecule has 0 saturated carbocycles. The summed E-state index contributed by atoms with van der Waals surface area (Å²) >= 11 is 0. The van der Waals surface area contributed by atoms with Crippen LogP contribution in [0.25, 0.3) is 44.1 Å². The number of pyridine rings is 2. The van der Waals surface area contributed by atoms with Crippen LogP contribution < -0.4 is 21.3 Å². The number of fused-ring (bicyclic) bond motifs is 2. The largest absolute Gasteiger partial charge is 0.417 e. The van der Waals surface area contributed by atoms with Gasteiger partial charge in [-0.25, -0.2) is 0 Å². The van der Waals surface area contributed by atoms with Gasteiger partial charge in [-0.1, -0.05) is 48.5 Å². The zero-order valence-corrected chi connectivity index (χ0v) is 27.9. The lowest BCUT2D eigenvalue weighted by Gasteiger charge is -2.23. The lowest BCUT2D eigenvalue weighted by Crippen LogP contribution is -2.29. The molecule has 0 radical (unpaired) electrons. The van der Waals surface area contributed by atoms with Crippen LogP contribution in [-0.2, 0) is 12.4 Å². The molecule has 0 atom stereocenters. The van der Waals surface area contributed by atoms with Gasteiger partial charge in [0.25, 0.3) is 11.1 Å². The fourth-order valence-electron chi connectivity index (χ4n) is 5.85. The minimum atomic E-state index is -4.54. The zero-order chi connectivity index (χ0) is 38.3. The lowest BCUT2D eigenvalue weighted by molar-refractivity contribution is -0.137. The van der Waals surface area contributed by atoms with Gasteiger partial charge in [-0.15, -0.1) is 0 Å². The molecule has 0 saturated heterocycles. The molecule has 0 bridgehead atoms. The molecular weight excluding hydrogens is 706 g/mol. The Balaban J connectivity index is 0.000000206. The van der Waals surface area contributed by atoms with E-state index in [-0.39, 0.29) is 55.4 Å². The molecular formula is C38H34F6N4O5.